The number of likely N-dealkylation sites (N-methyl/N-ethyl adjacent to an activating group) is 1. The van der Waals surface area contributed by atoms with E-state index in [2.05, 4.69) is 16.3 Å². The van der Waals surface area contributed by atoms with Gasteiger partial charge in [-0.25, -0.2) is 0 Å². The van der Waals surface area contributed by atoms with Gasteiger partial charge in [0.25, 0.3) is 5.69 Å². The molecule has 0 saturated heterocycles. The van der Waals surface area contributed by atoms with Crippen LogP contribution in [0.2, 0.25) is 0 Å². The first-order valence-electron chi connectivity index (χ1n) is 7.30. The van der Waals surface area contributed by atoms with Crippen molar-refractivity contribution in [3.8, 4) is 5.75 Å². The van der Waals surface area contributed by atoms with E-state index in [-0.39, 0.29) is 11.7 Å². The monoisotopic (exact) mass is 315 g/mol. The molecular formula is C17H21N3O3. The summed E-state index contributed by atoms with van der Waals surface area (Å²) in [7, 11) is 5.68. The van der Waals surface area contributed by atoms with Gasteiger partial charge in [-0.1, -0.05) is 12.1 Å². The molecule has 0 radical (unpaired) electrons. The lowest BCUT2D eigenvalue weighted by atomic mass is 10.1. The van der Waals surface area contributed by atoms with E-state index < -0.39 is 4.92 Å². The van der Waals surface area contributed by atoms with E-state index in [0.717, 1.165) is 17.0 Å². The Morgan fingerprint density at radius 1 is 1.22 bits per heavy atom. The predicted octanol–water partition coefficient (Wildman–Crippen LogP) is 3.32. The quantitative estimate of drug-likeness (QED) is 0.627. The molecular weight excluding hydrogens is 294 g/mol. The largest absolute Gasteiger partial charge is 0.497 e. The van der Waals surface area contributed by atoms with Gasteiger partial charge in [0.05, 0.1) is 18.1 Å². The minimum absolute atomic E-state index is 0.0903. The number of hydrogen-bond donors (Lipinski definition) is 1. The van der Waals surface area contributed by atoms with E-state index in [1.54, 1.807) is 19.2 Å². The summed E-state index contributed by atoms with van der Waals surface area (Å²) in [5.74, 6) is 0.824. The van der Waals surface area contributed by atoms with Crippen LogP contribution in [0.4, 0.5) is 11.4 Å². The number of nitrogens with zero attached hydrogens (tertiary/aromatic N) is 2. The fraction of sp³-hybridized carbons (Fsp3) is 0.294. The minimum Gasteiger partial charge on any atom is -0.497 e. The third-order valence-corrected chi connectivity index (χ3v) is 3.68. The topological polar surface area (TPSA) is 67.6 Å². The van der Waals surface area contributed by atoms with Crippen LogP contribution in [-0.2, 0) is 0 Å². The van der Waals surface area contributed by atoms with Gasteiger partial charge in [0.15, 0.2) is 0 Å². The summed E-state index contributed by atoms with van der Waals surface area (Å²) in [5.41, 5.74) is 2.08. The van der Waals surface area contributed by atoms with Gasteiger partial charge in [-0.2, -0.15) is 0 Å². The lowest BCUT2D eigenvalue weighted by Crippen LogP contribution is -2.26. The van der Waals surface area contributed by atoms with Crippen LogP contribution in [0.25, 0.3) is 0 Å². The van der Waals surface area contributed by atoms with Crippen molar-refractivity contribution in [3.05, 3.63) is 64.2 Å². The van der Waals surface area contributed by atoms with Gasteiger partial charge < -0.3 is 15.0 Å². The second kappa shape index (κ2) is 7.60. The second-order valence-corrected chi connectivity index (χ2v) is 5.44. The van der Waals surface area contributed by atoms with Crippen LogP contribution < -0.4 is 10.1 Å². The fourth-order valence-electron chi connectivity index (χ4n) is 2.36. The Hall–Kier alpha value is -2.60. The number of anilines is 1. The summed E-state index contributed by atoms with van der Waals surface area (Å²) >= 11 is 0. The molecule has 23 heavy (non-hydrogen) atoms. The van der Waals surface area contributed by atoms with Crippen LogP contribution in [0.1, 0.15) is 11.6 Å². The Morgan fingerprint density at radius 2 is 1.91 bits per heavy atom. The average molecular weight is 315 g/mol. The van der Waals surface area contributed by atoms with Crippen LogP contribution in [0.3, 0.4) is 0 Å². The van der Waals surface area contributed by atoms with Crippen molar-refractivity contribution in [1.29, 1.82) is 0 Å². The molecule has 0 bridgehead atoms. The Bertz CT molecular complexity index is 656. The van der Waals surface area contributed by atoms with E-state index >= 15 is 0 Å². The Morgan fingerprint density at radius 3 is 2.48 bits per heavy atom. The first-order valence-corrected chi connectivity index (χ1v) is 7.30. The smallest absolute Gasteiger partial charge is 0.269 e. The lowest BCUT2D eigenvalue weighted by molar-refractivity contribution is -0.384. The second-order valence-electron chi connectivity index (χ2n) is 5.44. The molecule has 0 spiro atoms. The van der Waals surface area contributed by atoms with Crippen LogP contribution in [0.5, 0.6) is 5.75 Å². The van der Waals surface area contributed by atoms with Gasteiger partial charge in [-0.15, -0.1) is 0 Å². The van der Waals surface area contributed by atoms with E-state index in [4.69, 9.17) is 4.74 Å². The first-order chi connectivity index (χ1) is 11.0. The molecule has 0 fully saturated rings. The van der Waals surface area contributed by atoms with Gasteiger partial charge in [0.2, 0.25) is 0 Å². The predicted molar refractivity (Wildman–Crippen MR) is 91.0 cm³/mol. The molecule has 1 atom stereocenters. The lowest BCUT2D eigenvalue weighted by Gasteiger charge is -2.26. The summed E-state index contributed by atoms with van der Waals surface area (Å²) in [6, 6.07) is 14.5. The zero-order valence-corrected chi connectivity index (χ0v) is 13.5. The number of methoxy groups -OCH3 is 1. The van der Waals surface area contributed by atoms with Crippen LogP contribution in [0.15, 0.2) is 48.5 Å². The molecule has 1 unspecified atom stereocenters. The van der Waals surface area contributed by atoms with Crippen molar-refractivity contribution in [2.24, 2.45) is 0 Å². The van der Waals surface area contributed by atoms with E-state index in [1.165, 1.54) is 12.1 Å². The SMILES string of the molecule is COc1cccc(C(CNc2ccc([N+](=O)[O-])cc2)N(C)C)c1. The first kappa shape index (κ1) is 16.8. The number of nitro groups is 1. The summed E-state index contributed by atoms with van der Waals surface area (Å²) in [6.07, 6.45) is 0. The van der Waals surface area contributed by atoms with Crippen molar-refractivity contribution >= 4 is 11.4 Å². The molecule has 2 aromatic rings. The van der Waals surface area contributed by atoms with Crippen molar-refractivity contribution < 1.29 is 9.66 Å². The molecule has 6 heteroatoms. The molecule has 6 nitrogen and oxygen atoms in total. The summed E-state index contributed by atoms with van der Waals surface area (Å²) in [4.78, 5) is 12.4. The molecule has 0 aliphatic heterocycles. The number of non-ortho nitro benzene ring substituents is 1. The Labute approximate surface area is 135 Å². The normalized spacial score (nSPS) is 12.0. The Kier molecular flexibility index (Phi) is 5.54. The molecule has 0 saturated carbocycles. The van der Waals surface area contributed by atoms with Crippen LogP contribution in [-0.4, -0.2) is 37.6 Å². The maximum absolute atomic E-state index is 10.7. The van der Waals surface area contributed by atoms with E-state index in [1.807, 2.05) is 32.3 Å². The fourth-order valence-corrected chi connectivity index (χ4v) is 2.36. The zero-order valence-electron chi connectivity index (χ0n) is 13.5. The van der Waals surface area contributed by atoms with Crippen LogP contribution in [0, 0.1) is 10.1 Å². The van der Waals surface area contributed by atoms with Gasteiger partial charge in [0, 0.05) is 24.4 Å². The third-order valence-electron chi connectivity index (χ3n) is 3.68. The number of ether oxygens (including phenoxy) is 1. The molecule has 122 valence electrons. The zero-order chi connectivity index (χ0) is 16.8. The van der Waals surface area contributed by atoms with Crippen molar-refractivity contribution in [3.63, 3.8) is 0 Å². The van der Waals surface area contributed by atoms with Crippen molar-refractivity contribution in [2.45, 2.75) is 6.04 Å². The van der Waals surface area contributed by atoms with Crippen molar-refractivity contribution in [1.82, 2.24) is 4.90 Å². The standard InChI is InChI=1S/C17H21N3O3/c1-19(2)17(13-5-4-6-16(11-13)23-3)12-18-14-7-9-15(10-8-14)20(21)22/h4-11,17-18H,12H2,1-3H3. The molecule has 0 heterocycles. The van der Waals surface area contributed by atoms with Gasteiger partial charge >= 0.3 is 0 Å². The number of rotatable bonds is 7. The molecule has 2 aromatic carbocycles. The molecule has 0 aromatic heterocycles. The highest BCUT2D eigenvalue weighted by atomic mass is 16.6. The van der Waals surface area contributed by atoms with Crippen LogP contribution >= 0.6 is 0 Å². The van der Waals surface area contributed by atoms with Crippen molar-refractivity contribution in [2.75, 3.05) is 33.1 Å². The molecule has 0 amide bonds. The van der Waals surface area contributed by atoms with Gasteiger partial charge in [-0.05, 0) is 43.9 Å². The maximum Gasteiger partial charge on any atom is 0.269 e. The number of nitro benzene ring substituents is 1. The van der Waals surface area contributed by atoms with Gasteiger partial charge in [0.1, 0.15) is 5.75 Å². The summed E-state index contributed by atoms with van der Waals surface area (Å²) < 4.78 is 5.28. The minimum atomic E-state index is -0.400. The highest BCUT2D eigenvalue weighted by Gasteiger charge is 2.15. The molecule has 0 aliphatic rings. The van der Waals surface area contributed by atoms with Gasteiger partial charge in [-0.3, -0.25) is 10.1 Å². The summed E-state index contributed by atoms with van der Waals surface area (Å²) in [5, 5.41) is 14.0. The number of benzene rings is 2. The maximum atomic E-state index is 10.7. The number of hydrogen-bond acceptors (Lipinski definition) is 5. The highest BCUT2D eigenvalue weighted by Crippen LogP contribution is 2.24. The highest BCUT2D eigenvalue weighted by molar-refractivity contribution is 5.48. The van der Waals surface area contributed by atoms with E-state index in [9.17, 15) is 10.1 Å². The van der Waals surface area contributed by atoms with E-state index in [0.29, 0.717) is 6.54 Å². The Balaban J connectivity index is 2.09. The third kappa shape index (κ3) is 4.43. The number of nitrogens with one attached hydrogen (secondary N) is 1. The molecule has 0 aliphatic carbocycles. The average Bonchev–Trinajstić information content (AvgIpc) is 2.55. The molecule has 1 N–H and O–H groups in total. The molecule has 2 rings (SSSR count). The summed E-state index contributed by atoms with van der Waals surface area (Å²) in [6.45, 7) is 0.679.